The second kappa shape index (κ2) is 14.1. The minimum absolute atomic E-state index is 0.0698. The molecule has 266 valence electrons. The van der Waals surface area contributed by atoms with Crippen LogP contribution >= 0.6 is 0 Å². The van der Waals surface area contributed by atoms with E-state index in [1.54, 1.807) is 12.1 Å². The zero-order chi connectivity index (χ0) is 36.5. The van der Waals surface area contributed by atoms with Crippen LogP contribution in [-0.2, 0) is 27.0 Å². The summed E-state index contributed by atoms with van der Waals surface area (Å²) in [6.45, 7) is 4.13. The summed E-state index contributed by atoms with van der Waals surface area (Å²) in [6.07, 6.45) is -0.395. The van der Waals surface area contributed by atoms with E-state index in [1.165, 1.54) is 48.5 Å². The average Bonchev–Trinajstić information content (AvgIpc) is 3.52. The van der Waals surface area contributed by atoms with Crippen LogP contribution in [0.25, 0.3) is 11.1 Å². The Hall–Kier alpha value is -5.37. The highest BCUT2D eigenvalue weighted by molar-refractivity contribution is 6.24. The average molecular weight is 711 g/mol. The Morgan fingerprint density at radius 1 is 1.14 bits per heavy atom. The number of rotatable bonds is 9. The summed E-state index contributed by atoms with van der Waals surface area (Å²) in [4.78, 5) is 33.7. The van der Waals surface area contributed by atoms with E-state index in [1.807, 2.05) is 0 Å². The number of nitrogens with zero attached hydrogens (tertiary/aromatic N) is 5. The van der Waals surface area contributed by atoms with Crippen LogP contribution in [0.5, 0.6) is 5.75 Å². The van der Waals surface area contributed by atoms with Crippen molar-refractivity contribution in [3.05, 3.63) is 101 Å². The number of aromatic nitrogens is 1. The van der Waals surface area contributed by atoms with Crippen molar-refractivity contribution in [2.45, 2.75) is 25.2 Å². The Kier molecular flexibility index (Phi) is 9.80. The number of morpholine rings is 1. The first-order valence-corrected chi connectivity index (χ1v) is 15.8. The smallest absolute Gasteiger partial charge is 0.416 e. The van der Waals surface area contributed by atoms with Gasteiger partial charge in [-0.25, -0.2) is 9.37 Å². The van der Waals surface area contributed by atoms with Crippen LogP contribution < -0.4 is 10.1 Å². The monoisotopic (exact) mass is 710 g/mol. The largest absolute Gasteiger partial charge is 0.509 e. The molecule has 3 aromatic rings. The first-order valence-electron chi connectivity index (χ1n) is 15.8. The lowest BCUT2D eigenvalue weighted by Crippen LogP contribution is -2.60. The number of hydrogen-bond acceptors (Lipinski definition) is 9. The van der Waals surface area contributed by atoms with Crippen LogP contribution in [0, 0.1) is 23.0 Å². The molecule has 0 spiro atoms. The van der Waals surface area contributed by atoms with E-state index in [-0.39, 0.29) is 47.0 Å². The molecule has 2 aromatic carbocycles. The number of hydrazine groups is 1. The van der Waals surface area contributed by atoms with E-state index in [4.69, 9.17) is 9.47 Å². The first-order chi connectivity index (χ1) is 24.3. The van der Waals surface area contributed by atoms with Crippen molar-refractivity contribution < 1.29 is 46.1 Å². The number of nitriles is 1. The predicted molar refractivity (Wildman–Crippen MR) is 172 cm³/mol. The zero-order valence-corrected chi connectivity index (χ0v) is 27.1. The molecule has 6 rings (SSSR count). The quantitative estimate of drug-likeness (QED) is 0.180. The van der Waals surface area contributed by atoms with Gasteiger partial charge in [0.05, 0.1) is 25.3 Å². The van der Waals surface area contributed by atoms with E-state index in [2.05, 4.69) is 15.2 Å². The van der Waals surface area contributed by atoms with E-state index < -0.39 is 58.6 Å². The van der Waals surface area contributed by atoms with Crippen LogP contribution in [0.1, 0.15) is 23.7 Å². The number of benzene rings is 2. The number of carbonyl (C=O) groups is 2. The summed E-state index contributed by atoms with van der Waals surface area (Å²) in [5.74, 6) is -5.74. The number of carbonyl (C=O) groups excluding carboxylic acids is 2. The van der Waals surface area contributed by atoms with Gasteiger partial charge in [0.15, 0.2) is 11.6 Å². The van der Waals surface area contributed by atoms with E-state index in [0.29, 0.717) is 32.8 Å². The Morgan fingerprint density at radius 2 is 1.90 bits per heavy atom. The van der Waals surface area contributed by atoms with Gasteiger partial charge in [0.1, 0.15) is 35.2 Å². The topological polar surface area (TPSA) is 131 Å². The molecule has 2 N–H and O–H groups in total. The van der Waals surface area contributed by atoms with Gasteiger partial charge >= 0.3 is 6.18 Å². The van der Waals surface area contributed by atoms with Gasteiger partial charge in [-0.05, 0) is 48.9 Å². The van der Waals surface area contributed by atoms with Crippen molar-refractivity contribution in [2.75, 3.05) is 51.3 Å². The number of aliphatic hydroxyl groups is 1. The number of ether oxygens (including phenoxy) is 2. The van der Waals surface area contributed by atoms with Crippen molar-refractivity contribution in [3.63, 3.8) is 0 Å². The lowest BCUT2D eigenvalue weighted by Gasteiger charge is -2.46. The highest BCUT2D eigenvalue weighted by Crippen LogP contribution is 2.40. The van der Waals surface area contributed by atoms with Crippen LogP contribution in [0.15, 0.2) is 72.1 Å². The number of amides is 2. The number of alkyl halides is 3. The molecular formula is C35H31F5N6O5. The van der Waals surface area contributed by atoms with Gasteiger partial charge in [0, 0.05) is 49.2 Å². The standard InChI is InChI=1S/C35H31F5N6O5/c1-34-8-2-10-46(34)45(20-22-3-6-27(30(37)29(22)36)51-16-13-44-11-14-50-15-12-44)33(49)28(31(34)47)32(48)43-26-5-4-23(35(38,39)40)18-25(26)21-7-9-42-24(17-21)19-41/h2-9,17-18,47H,10-16,20H2,1H3,(H,43,48). The lowest BCUT2D eigenvalue weighted by molar-refractivity contribution is -0.158. The summed E-state index contributed by atoms with van der Waals surface area (Å²) in [5, 5.41) is 25.4. The molecule has 1 fully saturated rings. The molecular weight excluding hydrogens is 679 g/mol. The predicted octanol–water partition coefficient (Wildman–Crippen LogP) is 4.97. The Morgan fingerprint density at radius 3 is 2.63 bits per heavy atom. The summed E-state index contributed by atoms with van der Waals surface area (Å²) in [7, 11) is 0. The van der Waals surface area contributed by atoms with E-state index >= 15 is 8.78 Å². The number of fused-ring (bicyclic) bond motifs is 1. The summed E-state index contributed by atoms with van der Waals surface area (Å²) >= 11 is 0. The van der Waals surface area contributed by atoms with Gasteiger partial charge in [0.2, 0.25) is 5.82 Å². The van der Waals surface area contributed by atoms with Gasteiger partial charge in [-0.2, -0.15) is 27.8 Å². The maximum absolute atomic E-state index is 15.5. The molecule has 1 saturated heterocycles. The lowest BCUT2D eigenvalue weighted by atomic mass is 9.92. The van der Waals surface area contributed by atoms with Crippen molar-refractivity contribution >= 4 is 17.5 Å². The molecule has 0 bridgehead atoms. The van der Waals surface area contributed by atoms with Crippen LogP contribution in [0.3, 0.4) is 0 Å². The van der Waals surface area contributed by atoms with Crippen LogP contribution in [-0.4, -0.2) is 88.4 Å². The van der Waals surface area contributed by atoms with Gasteiger partial charge in [0.25, 0.3) is 11.8 Å². The van der Waals surface area contributed by atoms with Crippen molar-refractivity contribution in [2.24, 2.45) is 0 Å². The molecule has 1 atom stereocenters. The van der Waals surface area contributed by atoms with E-state index in [9.17, 15) is 33.1 Å². The molecule has 11 nitrogen and oxygen atoms in total. The molecule has 51 heavy (non-hydrogen) atoms. The fraction of sp³-hybridized carbons (Fsp3) is 0.314. The highest BCUT2D eigenvalue weighted by atomic mass is 19.4. The minimum atomic E-state index is -4.75. The second-order valence-electron chi connectivity index (χ2n) is 12.1. The Labute approximate surface area is 288 Å². The number of pyridine rings is 1. The molecule has 3 aliphatic heterocycles. The third kappa shape index (κ3) is 7.00. The van der Waals surface area contributed by atoms with E-state index in [0.717, 1.165) is 23.2 Å². The summed E-state index contributed by atoms with van der Waals surface area (Å²) < 4.78 is 82.5. The molecule has 4 heterocycles. The third-order valence-corrected chi connectivity index (χ3v) is 8.94. The number of nitrogens with one attached hydrogen (secondary N) is 1. The fourth-order valence-electron chi connectivity index (χ4n) is 6.15. The van der Waals surface area contributed by atoms with Crippen molar-refractivity contribution in [1.29, 1.82) is 5.26 Å². The van der Waals surface area contributed by atoms with Crippen molar-refractivity contribution in [3.8, 4) is 22.9 Å². The number of halogens is 5. The summed E-state index contributed by atoms with van der Waals surface area (Å²) in [5.41, 5.74) is -3.82. The molecule has 0 radical (unpaired) electrons. The third-order valence-electron chi connectivity index (χ3n) is 8.94. The van der Waals surface area contributed by atoms with Crippen molar-refractivity contribution in [1.82, 2.24) is 19.9 Å². The molecule has 0 aliphatic carbocycles. The molecule has 1 unspecified atom stereocenters. The first kappa shape index (κ1) is 35.5. The van der Waals surface area contributed by atoms with Gasteiger partial charge in [-0.15, -0.1) is 0 Å². The molecule has 0 saturated carbocycles. The number of aliphatic hydroxyl groups excluding tert-OH is 1. The second-order valence-corrected chi connectivity index (χ2v) is 12.1. The van der Waals surface area contributed by atoms with Crippen LogP contribution in [0.2, 0.25) is 0 Å². The minimum Gasteiger partial charge on any atom is -0.509 e. The highest BCUT2D eigenvalue weighted by Gasteiger charge is 2.51. The Bertz CT molecular complexity index is 1970. The normalized spacial score (nSPS) is 19.6. The van der Waals surface area contributed by atoms with Gasteiger partial charge in [-0.3, -0.25) is 19.5 Å². The fourth-order valence-corrected chi connectivity index (χ4v) is 6.15. The molecule has 3 aliphatic rings. The number of anilines is 1. The van der Waals surface area contributed by atoms with Gasteiger partial charge < -0.3 is 19.9 Å². The molecule has 2 amide bonds. The summed E-state index contributed by atoms with van der Waals surface area (Å²) in [6, 6.07) is 9.35. The maximum Gasteiger partial charge on any atom is 0.416 e. The molecule has 1 aromatic heterocycles. The zero-order valence-electron chi connectivity index (χ0n) is 27.1. The maximum atomic E-state index is 15.5. The van der Waals surface area contributed by atoms with Gasteiger partial charge in [-0.1, -0.05) is 18.2 Å². The number of hydrogen-bond donors (Lipinski definition) is 2. The Balaban J connectivity index is 1.28. The van der Waals surface area contributed by atoms with Crippen LogP contribution in [0.4, 0.5) is 27.6 Å². The molecule has 16 heteroatoms. The SMILES string of the molecule is CC12C=CCN1N(Cc1ccc(OCCN3CCOCC3)c(F)c1F)C(=O)C(C(=O)Nc1ccc(C(F)(F)F)cc1-c1ccnc(C#N)c1)=C2O.